The summed E-state index contributed by atoms with van der Waals surface area (Å²) in [5.41, 5.74) is 0. The van der Waals surface area contributed by atoms with Crippen molar-refractivity contribution in [3.8, 4) is 0 Å². The molecule has 2 N–H and O–H groups in total. The Labute approximate surface area is 117 Å². The average Bonchev–Trinajstić information content (AvgIpc) is 2.42. The number of carbonyl (C=O) groups is 2. The molecule has 6 nitrogen and oxygen atoms in total. The van der Waals surface area contributed by atoms with E-state index in [1.165, 1.54) is 0 Å². The Hall–Kier alpha value is -0.950. The third-order valence-corrected chi connectivity index (χ3v) is 3.85. The second-order valence-electron chi connectivity index (χ2n) is 4.57. The van der Waals surface area contributed by atoms with Gasteiger partial charge in [0.05, 0.1) is 6.10 Å². The first kappa shape index (κ1) is 16.1. The number of carboxylic acids is 1. The van der Waals surface area contributed by atoms with Crippen molar-refractivity contribution in [3.05, 3.63) is 0 Å². The van der Waals surface area contributed by atoms with Crippen molar-refractivity contribution in [1.82, 2.24) is 10.2 Å². The molecule has 110 valence electrons. The number of methoxy groups -OCH3 is 1. The molecule has 1 unspecified atom stereocenters. The number of ether oxygens (including phenoxy) is 1. The highest BCUT2D eigenvalue weighted by molar-refractivity contribution is 7.98. The van der Waals surface area contributed by atoms with E-state index >= 15 is 0 Å². The summed E-state index contributed by atoms with van der Waals surface area (Å²) in [5.74, 6) is -0.277. The highest BCUT2D eigenvalue weighted by atomic mass is 32.2. The molecule has 2 amide bonds. The van der Waals surface area contributed by atoms with Crippen LogP contribution in [0.4, 0.5) is 4.79 Å². The molecule has 1 heterocycles. The number of carboxylic acid groups (broad SMARTS) is 1. The SMILES string of the molecule is COC1CCCN(C(=O)N[C@@H](CCSC)C(=O)O)C1. The molecule has 1 fully saturated rings. The summed E-state index contributed by atoms with van der Waals surface area (Å²) in [6.45, 7) is 1.18. The van der Waals surface area contributed by atoms with E-state index in [1.54, 1.807) is 23.8 Å². The zero-order valence-electron chi connectivity index (χ0n) is 11.4. The fraction of sp³-hybridized carbons (Fsp3) is 0.833. The van der Waals surface area contributed by atoms with Crippen LogP contribution in [0.3, 0.4) is 0 Å². The molecule has 7 heteroatoms. The van der Waals surface area contributed by atoms with Crippen molar-refractivity contribution in [1.29, 1.82) is 0 Å². The Bertz CT molecular complexity index is 314. The minimum atomic E-state index is -0.984. The predicted octanol–water partition coefficient (Wildman–Crippen LogP) is 1.01. The second kappa shape index (κ2) is 8.27. The topological polar surface area (TPSA) is 78.9 Å². The number of hydrogen-bond acceptors (Lipinski definition) is 4. The lowest BCUT2D eigenvalue weighted by Gasteiger charge is -2.32. The predicted molar refractivity (Wildman–Crippen MR) is 74.6 cm³/mol. The molecule has 0 bridgehead atoms. The van der Waals surface area contributed by atoms with E-state index in [9.17, 15) is 9.59 Å². The van der Waals surface area contributed by atoms with Gasteiger partial charge >= 0.3 is 12.0 Å². The summed E-state index contributed by atoms with van der Waals surface area (Å²) in [4.78, 5) is 24.7. The number of urea groups is 1. The molecular formula is C12H22N2O4S. The molecule has 0 aromatic heterocycles. The van der Waals surface area contributed by atoms with Gasteiger partial charge in [0, 0.05) is 20.2 Å². The molecule has 0 aromatic carbocycles. The van der Waals surface area contributed by atoms with Crippen molar-refractivity contribution in [3.63, 3.8) is 0 Å². The number of rotatable bonds is 6. The van der Waals surface area contributed by atoms with E-state index in [1.807, 2.05) is 6.26 Å². The van der Waals surface area contributed by atoms with Crippen LogP contribution >= 0.6 is 11.8 Å². The number of nitrogens with one attached hydrogen (secondary N) is 1. The summed E-state index contributed by atoms with van der Waals surface area (Å²) in [6, 6.07) is -1.13. The van der Waals surface area contributed by atoms with Gasteiger partial charge in [0.1, 0.15) is 6.04 Å². The number of piperidine rings is 1. The van der Waals surface area contributed by atoms with Gasteiger partial charge in [0.2, 0.25) is 0 Å². The van der Waals surface area contributed by atoms with E-state index < -0.39 is 12.0 Å². The average molecular weight is 290 g/mol. The summed E-state index contributed by atoms with van der Waals surface area (Å²) < 4.78 is 5.25. The van der Waals surface area contributed by atoms with Crippen LogP contribution in [0, 0.1) is 0 Å². The second-order valence-corrected chi connectivity index (χ2v) is 5.55. The van der Waals surface area contributed by atoms with Gasteiger partial charge in [-0.25, -0.2) is 9.59 Å². The Morgan fingerprint density at radius 3 is 2.89 bits per heavy atom. The van der Waals surface area contributed by atoms with Crippen LogP contribution < -0.4 is 5.32 Å². The molecule has 2 atom stereocenters. The molecule has 0 saturated carbocycles. The number of carbonyl (C=O) groups excluding carboxylic acids is 1. The van der Waals surface area contributed by atoms with Gasteiger partial charge in [-0.05, 0) is 31.3 Å². The Kier molecular flexibility index (Phi) is 7.01. The zero-order valence-corrected chi connectivity index (χ0v) is 12.2. The van der Waals surface area contributed by atoms with Crippen molar-refractivity contribution in [2.75, 3.05) is 32.2 Å². The van der Waals surface area contributed by atoms with Gasteiger partial charge in [-0.3, -0.25) is 0 Å². The number of hydrogen-bond donors (Lipinski definition) is 2. The van der Waals surface area contributed by atoms with Crippen molar-refractivity contribution in [2.24, 2.45) is 0 Å². The Balaban J connectivity index is 2.48. The van der Waals surface area contributed by atoms with E-state index in [2.05, 4.69) is 5.32 Å². The highest BCUT2D eigenvalue weighted by Gasteiger charge is 2.26. The Morgan fingerprint density at radius 1 is 1.58 bits per heavy atom. The molecule has 0 spiro atoms. The monoisotopic (exact) mass is 290 g/mol. The molecule has 19 heavy (non-hydrogen) atoms. The summed E-state index contributed by atoms with van der Waals surface area (Å²) in [5, 5.41) is 11.7. The van der Waals surface area contributed by atoms with Crippen LogP contribution in [-0.2, 0) is 9.53 Å². The summed E-state index contributed by atoms with van der Waals surface area (Å²) in [7, 11) is 1.63. The maximum atomic E-state index is 12.0. The highest BCUT2D eigenvalue weighted by Crippen LogP contribution is 2.13. The number of amides is 2. The maximum Gasteiger partial charge on any atom is 0.326 e. The molecule has 0 aliphatic carbocycles. The summed E-state index contributed by atoms with van der Waals surface area (Å²) >= 11 is 1.57. The molecule has 1 saturated heterocycles. The van der Waals surface area contributed by atoms with Gasteiger partial charge in [0.15, 0.2) is 0 Å². The van der Waals surface area contributed by atoms with Crippen LogP contribution in [0.15, 0.2) is 0 Å². The van der Waals surface area contributed by atoms with E-state index in [0.717, 1.165) is 12.8 Å². The molecule has 1 aliphatic rings. The van der Waals surface area contributed by atoms with Crippen LogP contribution in [0.5, 0.6) is 0 Å². The smallest absolute Gasteiger partial charge is 0.326 e. The lowest BCUT2D eigenvalue weighted by Crippen LogP contribution is -2.52. The number of aliphatic carboxylic acids is 1. The maximum absolute atomic E-state index is 12.0. The first-order valence-corrected chi connectivity index (χ1v) is 7.77. The largest absolute Gasteiger partial charge is 0.480 e. The van der Waals surface area contributed by atoms with Crippen LogP contribution in [-0.4, -0.2) is 66.4 Å². The van der Waals surface area contributed by atoms with Gasteiger partial charge in [-0.1, -0.05) is 0 Å². The molecule has 0 radical (unpaired) electrons. The van der Waals surface area contributed by atoms with Crippen molar-refractivity contribution in [2.45, 2.75) is 31.4 Å². The zero-order chi connectivity index (χ0) is 14.3. The first-order chi connectivity index (χ1) is 9.08. The van der Waals surface area contributed by atoms with Crippen molar-refractivity contribution >= 4 is 23.8 Å². The van der Waals surface area contributed by atoms with Crippen LogP contribution in [0.2, 0.25) is 0 Å². The molecular weight excluding hydrogens is 268 g/mol. The van der Waals surface area contributed by atoms with Gasteiger partial charge in [-0.15, -0.1) is 0 Å². The molecule has 1 aliphatic heterocycles. The minimum Gasteiger partial charge on any atom is -0.480 e. The summed E-state index contributed by atoms with van der Waals surface area (Å²) in [6.07, 6.45) is 4.22. The van der Waals surface area contributed by atoms with Gasteiger partial charge < -0.3 is 20.1 Å². The minimum absolute atomic E-state index is 0.0500. The third kappa shape index (κ3) is 5.28. The fourth-order valence-electron chi connectivity index (χ4n) is 2.05. The number of likely N-dealkylation sites (tertiary alicyclic amines) is 1. The van der Waals surface area contributed by atoms with Crippen LogP contribution in [0.1, 0.15) is 19.3 Å². The van der Waals surface area contributed by atoms with Crippen LogP contribution in [0.25, 0.3) is 0 Å². The van der Waals surface area contributed by atoms with E-state index in [-0.39, 0.29) is 12.1 Å². The number of nitrogens with zero attached hydrogens (tertiary/aromatic N) is 1. The third-order valence-electron chi connectivity index (χ3n) is 3.21. The lowest BCUT2D eigenvalue weighted by molar-refractivity contribution is -0.139. The molecule has 1 rings (SSSR count). The number of thioether (sulfide) groups is 1. The fourth-order valence-corrected chi connectivity index (χ4v) is 2.52. The van der Waals surface area contributed by atoms with Crippen molar-refractivity contribution < 1.29 is 19.4 Å². The lowest BCUT2D eigenvalue weighted by atomic mass is 10.1. The first-order valence-electron chi connectivity index (χ1n) is 6.38. The van der Waals surface area contributed by atoms with Gasteiger partial charge in [-0.2, -0.15) is 11.8 Å². The molecule has 0 aromatic rings. The standard InChI is InChI=1S/C12H22N2O4S/c1-18-9-4-3-6-14(8-9)12(17)13-10(11(15)16)5-7-19-2/h9-10H,3-8H2,1-2H3,(H,13,17)(H,15,16)/t9?,10-/m0/s1. The normalized spacial score (nSPS) is 20.9. The van der Waals surface area contributed by atoms with E-state index in [4.69, 9.17) is 9.84 Å². The Morgan fingerprint density at radius 2 is 2.32 bits per heavy atom. The van der Waals surface area contributed by atoms with Gasteiger partial charge in [0.25, 0.3) is 0 Å². The quantitative estimate of drug-likeness (QED) is 0.763. The van der Waals surface area contributed by atoms with E-state index in [0.29, 0.717) is 25.3 Å².